The van der Waals surface area contributed by atoms with E-state index in [9.17, 15) is 9.18 Å². The van der Waals surface area contributed by atoms with Crippen LogP contribution in [0, 0.1) is 5.82 Å². The summed E-state index contributed by atoms with van der Waals surface area (Å²) in [5.74, 6) is 0.384. The van der Waals surface area contributed by atoms with Crippen LogP contribution in [0.25, 0.3) is 0 Å². The number of amides is 1. The predicted molar refractivity (Wildman–Crippen MR) is 102 cm³/mol. The molecule has 2 aromatic heterocycles. The third kappa shape index (κ3) is 3.73. The molecule has 1 N–H and O–H groups in total. The molecule has 1 aromatic carbocycles. The van der Waals surface area contributed by atoms with Crippen LogP contribution in [-0.4, -0.2) is 27.3 Å². The van der Waals surface area contributed by atoms with Crippen molar-refractivity contribution < 1.29 is 13.9 Å². The van der Waals surface area contributed by atoms with Gasteiger partial charge in [0.05, 0.1) is 16.1 Å². The summed E-state index contributed by atoms with van der Waals surface area (Å²) in [6, 6.07) is 11.5. The Morgan fingerprint density at radius 3 is 2.89 bits per heavy atom. The van der Waals surface area contributed by atoms with E-state index in [1.807, 2.05) is 23.2 Å². The summed E-state index contributed by atoms with van der Waals surface area (Å²) in [6.07, 6.45) is 5.30. The average Bonchev–Trinajstić information content (AvgIpc) is 3.35. The molecule has 1 saturated heterocycles. The number of likely N-dealkylation sites (tertiary alicyclic amines) is 1. The minimum Gasteiger partial charge on any atom is -0.438 e. The van der Waals surface area contributed by atoms with Crippen LogP contribution in [0.4, 0.5) is 4.39 Å². The molecule has 1 amide bonds. The molecule has 1 aliphatic heterocycles. The third-order valence-corrected chi connectivity index (χ3v) is 5.21. The van der Waals surface area contributed by atoms with E-state index in [1.165, 1.54) is 24.4 Å². The molecule has 3 aromatic rings. The van der Waals surface area contributed by atoms with Gasteiger partial charge in [0.25, 0.3) is 5.91 Å². The van der Waals surface area contributed by atoms with Gasteiger partial charge < -0.3 is 14.6 Å². The third-order valence-electron chi connectivity index (χ3n) is 4.59. The number of ether oxygens (including phenoxy) is 1. The zero-order valence-corrected chi connectivity index (χ0v) is 15.9. The molecule has 0 aliphatic carbocycles. The Morgan fingerprint density at radius 1 is 1.30 bits per heavy atom. The Balaban J connectivity index is 1.49. The first-order valence-corrected chi connectivity index (χ1v) is 9.44. The number of halogens is 2. The minimum absolute atomic E-state index is 0.0471. The number of nitrogens with one attached hydrogen (secondary N) is 1. The molecular weight excluding hydrogens is 413 g/mol. The van der Waals surface area contributed by atoms with Crippen LogP contribution in [0.2, 0.25) is 0 Å². The highest BCUT2D eigenvalue weighted by atomic mass is 79.9. The lowest BCUT2D eigenvalue weighted by molar-refractivity contribution is 0.0733. The summed E-state index contributed by atoms with van der Waals surface area (Å²) in [7, 11) is 0. The maximum atomic E-state index is 13.2. The highest BCUT2D eigenvalue weighted by molar-refractivity contribution is 9.10. The van der Waals surface area contributed by atoms with Gasteiger partial charge in [-0.15, -0.1) is 0 Å². The van der Waals surface area contributed by atoms with Crippen molar-refractivity contribution in [2.24, 2.45) is 0 Å². The van der Waals surface area contributed by atoms with Crippen molar-refractivity contribution in [1.82, 2.24) is 14.9 Å². The summed E-state index contributed by atoms with van der Waals surface area (Å²) in [6.45, 7) is 0.725. The van der Waals surface area contributed by atoms with E-state index < -0.39 is 0 Å². The van der Waals surface area contributed by atoms with Crippen molar-refractivity contribution in [3.63, 3.8) is 0 Å². The first kappa shape index (κ1) is 17.7. The number of hydrogen-bond acceptors (Lipinski definition) is 3. The number of nitrogens with zero attached hydrogens (tertiary/aromatic N) is 2. The Morgan fingerprint density at radius 2 is 2.19 bits per heavy atom. The monoisotopic (exact) mass is 429 g/mol. The predicted octanol–water partition coefficient (Wildman–Crippen LogP) is 5.08. The van der Waals surface area contributed by atoms with E-state index >= 15 is 0 Å². The van der Waals surface area contributed by atoms with Crippen molar-refractivity contribution in [1.29, 1.82) is 0 Å². The smallest absolute Gasteiger partial charge is 0.255 e. The van der Waals surface area contributed by atoms with E-state index in [0.29, 0.717) is 21.7 Å². The van der Waals surface area contributed by atoms with Gasteiger partial charge in [-0.1, -0.05) is 0 Å². The van der Waals surface area contributed by atoms with Crippen LogP contribution in [0.3, 0.4) is 0 Å². The molecule has 0 radical (unpaired) electrons. The Bertz CT molecular complexity index is 944. The SMILES string of the molecule is O=C(c1ccc(Oc2ccc(F)cc2Br)nc1)N1CCC[C@@H]1c1ccc[nH]1. The number of H-pyrrole nitrogens is 1. The molecule has 0 bridgehead atoms. The van der Waals surface area contributed by atoms with Crippen LogP contribution < -0.4 is 4.74 Å². The van der Waals surface area contributed by atoms with Crippen LogP contribution in [0.5, 0.6) is 11.6 Å². The highest BCUT2D eigenvalue weighted by Gasteiger charge is 2.31. The van der Waals surface area contributed by atoms with Crippen LogP contribution in [0.15, 0.2) is 59.3 Å². The molecule has 1 fully saturated rings. The second kappa shape index (κ2) is 7.52. The van der Waals surface area contributed by atoms with Gasteiger partial charge in [0.15, 0.2) is 0 Å². The number of carbonyl (C=O) groups is 1. The van der Waals surface area contributed by atoms with E-state index in [1.54, 1.807) is 12.1 Å². The van der Waals surface area contributed by atoms with Gasteiger partial charge in [0.1, 0.15) is 11.6 Å². The highest BCUT2D eigenvalue weighted by Crippen LogP contribution is 2.33. The van der Waals surface area contributed by atoms with Gasteiger partial charge in [-0.25, -0.2) is 9.37 Å². The van der Waals surface area contributed by atoms with Crippen molar-refractivity contribution in [2.45, 2.75) is 18.9 Å². The molecular formula is C20H17BrFN3O2. The quantitative estimate of drug-likeness (QED) is 0.628. The summed E-state index contributed by atoms with van der Waals surface area (Å²) in [4.78, 5) is 22.2. The number of pyridine rings is 1. The molecule has 0 unspecified atom stereocenters. The van der Waals surface area contributed by atoms with Gasteiger partial charge in [0, 0.05) is 30.7 Å². The minimum atomic E-state index is -0.356. The Hall–Kier alpha value is -2.67. The van der Waals surface area contributed by atoms with E-state index in [-0.39, 0.29) is 17.8 Å². The van der Waals surface area contributed by atoms with Crippen molar-refractivity contribution in [3.8, 4) is 11.6 Å². The summed E-state index contributed by atoms with van der Waals surface area (Å²) >= 11 is 3.26. The molecule has 4 rings (SSSR count). The number of carbonyl (C=O) groups excluding carboxylic acids is 1. The van der Waals surface area contributed by atoms with Crippen molar-refractivity contribution in [2.75, 3.05) is 6.54 Å². The summed E-state index contributed by atoms with van der Waals surface area (Å²) in [5, 5.41) is 0. The van der Waals surface area contributed by atoms with Gasteiger partial charge in [-0.05, 0) is 65.2 Å². The maximum Gasteiger partial charge on any atom is 0.255 e. The lowest BCUT2D eigenvalue weighted by Gasteiger charge is -2.24. The van der Waals surface area contributed by atoms with Crippen LogP contribution >= 0.6 is 15.9 Å². The van der Waals surface area contributed by atoms with E-state index in [0.717, 1.165) is 25.1 Å². The summed E-state index contributed by atoms with van der Waals surface area (Å²) < 4.78 is 19.3. The number of aromatic amines is 1. The molecule has 3 heterocycles. The molecule has 1 atom stereocenters. The van der Waals surface area contributed by atoms with Gasteiger partial charge in [0.2, 0.25) is 5.88 Å². The first-order valence-electron chi connectivity index (χ1n) is 8.65. The fourth-order valence-corrected chi connectivity index (χ4v) is 3.72. The fourth-order valence-electron chi connectivity index (χ4n) is 3.29. The second-order valence-electron chi connectivity index (χ2n) is 6.34. The van der Waals surface area contributed by atoms with E-state index in [2.05, 4.69) is 25.9 Å². The molecule has 27 heavy (non-hydrogen) atoms. The van der Waals surface area contributed by atoms with E-state index in [4.69, 9.17) is 4.74 Å². The molecule has 5 nitrogen and oxygen atoms in total. The molecule has 138 valence electrons. The lowest BCUT2D eigenvalue weighted by atomic mass is 10.1. The largest absolute Gasteiger partial charge is 0.438 e. The van der Waals surface area contributed by atoms with Crippen molar-refractivity contribution >= 4 is 21.8 Å². The number of benzene rings is 1. The topological polar surface area (TPSA) is 58.2 Å². The molecule has 0 saturated carbocycles. The van der Waals surface area contributed by atoms with Crippen molar-refractivity contribution in [3.05, 3.63) is 76.4 Å². The lowest BCUT2D eigenvalue weighted by Crippen LogP contribution is -2.30. The second-order valence-corrected chi connectivity index (χ2v) is 7.20. The Labute approximate surface area is 164 Å². The van der Waals surface area contributed by atoms with Gasteiger partial charge >= 0.3 is 0 Å². The average molecular weight is 430 g/mol. The standard InChI is InChI=1S/C20H17BrFN3O2/c21-15-11-14(22)6-7-18(15)27-19-8-5-13(12-24-19)20(26)25-10-2-4-17(25)16-3-1-9-23-16/h1,3,5-9,11-12,17,23H,2,4,10H2/t17-/m1/s1. The number of hydrogen-bond donors (Lipinski definition) is 1. The zero-order valence-electron chi connectivity index (χ0n) is 14.4. The van der Waals surface area contributed by atoms with Gasteiger partial charge in [-0.3, -0.25) is 4.79 Å². The van der Waals surface area contributed by atoms with Crippen LogP contribution in [-0.2, 0) is 0 Å². The normalized spacial score (nSPS) is 16.5. The maximum absolute atomic E-state index is 13.2. The number of rotatable bonds is 4. The zero-order chi connectivity index (χ0) is 18.8. The van der Waals surface area contributed by atoms with Crippen LogP contribution in [0.1, 0.15) is 34.9 Å². The molecule has 1 aliphatic rings. The fraction of sp³-hybridized carbons (Fsp3) is 0.200. The first-order chi connectivity index (χ1) is 13.1. The summed E-state index contributed by atoms with van der Waals surface area (Å²) in [5.41, 5.74) is 1.56. The number of aromatic nitrogens is 2. The Kier molecular flexibility index (Phi) is 4.94. The molecule has 7 heteroatoms. The molecule has 0 spiro atoms. The van der Waals surface area contributed by atoms with Gasteiger partial charge in [-0.2, -0.15) is 0 Å².